The lowest BCUT2D eigenvalue weighted by Gasteiger charge is -2.47. The molecule has 122 valence electrons. The summed E-state index contributed by atoms with van der Waals surface area (Å²) in [7, 11) is 0. The van der Waals surface area contributed by atoms with Crippen molar-refractivity contribution in [3.8, 4) is 0 Å². The van der Waals surface area contributed by atoms with Gasteiger partial charge in [-0.2, -0.15) is 0 Å². The highest BCUT2D eigenvalue weighted by Gasteiger charge is 2.62. The summed E-state index contributed by atoms with van der Waals surface area (Å²) < 4.78 is 17.9. The van der Waals surface area contributed by atoms with Crippen molar-refractivity contribution < 1.29 is 28.9 Å². The molecule has 0 aromatic heterocycles. The molecule has 0 aromatic carbocycles. The molecule has 6 nitrogen and oxygen atoms in total. The molecule has 2 fully saturated rings. The topological polar surface area (TPSA) is 87.1 Å². The standard InChI is InChI=1S/C15H20FNO5/c1-7(18)10-12-8-3-2-4-9(22-6-5-16)11(8)13(15(20)21)17(12)14(10)19/h7-10,12,18H,2-6H2,1H3,(H,20,21)/t7-,8+,9+,10-,12-/m1/s1. The molecule has 2 heterocycles. The van der Waals surface area contributed by atoms with Crippen LogP contribution in [0, 0.1) is 11.8 Å². The van der Waals surface area contributed by atoms with Crippen molar-refractivity contribution in [3.63, 3.8) is 0 Å². The van der Waals surface area contributed by atoms with Crippen molar-refractivity contribution in [3.05, 3.63) is 11.3 Å². The maximum absolute atomic E-state index is 12.4. The van der Waals surface area contributed by atoms with Gasteiger partial charge in [-0.05, 0) is 31.8 Å². The molecule has 0 bridgehead atoms. The van der Waals surface area contributed by atoms with Gasteiger partial charge in [0.15, 0.2) is 0 Å². The number of β-lactam (4-membered cyclic amide) rings is 1. The maximum atomic E-state index is 12.4. The van der Waals surface area contributed by atoms with E-state index in [0.29, 0.717) is 12.0 Å². The van der Waals surface area contributed by atoms with Crippen LogP contribution < -0.4 is 0 Å². The summed E-state index contributed by atoms with van der Waals surface area (Å²) >= 11 is 0. The fraction of sp³-hybridized carbons (Fsp3) is 0.733. The number of carboxylic acid groups (broad SMARTS) is 1. The molecule has 1 aliphatic carbocycles. The molecule has 0 aromatic rings. The van der Waals surface area contributed by atoms with Crippen molar-refractivity contribution in [2.45, 2.75) is 44.4 Å². The quantitative estimate of drug-likeness (QED) is 0.730. The molecule has 2 N–H and O–H groups in total. The van der Waals surface area contributed by atoms with Crippen LogP contribution >= 0.6 is 0 Å². The second-order valence-corrected chi connectivity index (χ2v) is 6.16. The molecule has 3 rings (SSSR count). The Kier molecular flexibility index (Phi) is 3.94. The van der Waals surface area contributed by atoms with E-state index in [4.69, 9.17) is 4.74 Å². The molecule has 2 aliphatic heterocycles. The van der Waals surface area contributed by atoms with Gasteiger partial charge in [0.1, 0.15) is 12.4 Å². The summed E-state index contributed by atoms with van der Waals surface area (Å²) in [4.78, 5) is 25.2. The van der Waals surface area contributed by atoms with E-state index in [9.17, 15) is 24.2 Å². The normalized spacial score (nSPS) is 35.0. The molecular weight excluding hydrogens is 293 g/mol. The Morgan fingerprint density at radius 2 is 2.23 bits per heavy atom. The Bertz CT molecular complexity index is 532. The van der Waals surface area contributed by atoms with E-state index in [-0.39, 0.29) is 30.2 Å². The number of carbonyl (C=O) groups is 2. The largest absolute Gasteiger partial charge is 0.477 e. The molecule has 1 amide bonds. The maximum Gasteiger partial charge on any atom is 0.352 e. The summed E-state index contributed by atoms with van der Waals surface area (Å²) in [6.07, 6.45) is 0.975. The van der Waals surface area contributed by atoms with Gasteiger partial charge in [0.05, 0.1) is 30.8 Å². The fourth-order valence-corrected chi connectivity index (χ4v) is 4.19. The predicted molar refractivity (Wildman–Crippen MR) is 73.5 cm³/mol. The van der Waals surface area contributed by atoms with E-state index < -0.39 is 30.8 Å². The number of aliphatic hydroxyl groups excluding tert-OH is 1. The Morgan fingerprint density at radius 3 is 2.82 bits per heavy atom. The van der Waals surface area contributed by atoms with Crippen molar-refractivity contribution in [1.29, 1.82) is 0 Å². The zero-order valence-corrected chi connectivity index (χ0v) is 12.4. The number of aliphatic carboxylic acids is 1. The zero-order chi connectivity index (χ0) is 16.0. The number of hydrogen-bond donors (Lipinski definition) is 2. The van der Waals surface area contributed by atoms with Crippen molar-refractivity contribution in [2.75, 3.05) is 13.3 Å². The number of fused-ring (bicyclic) bond motifs is 3. The van der Waals surface area contributed by atoms with E-state index in [2.05, 4.69) is 0 Å². The van der Waals surface area contributed by atoms with Crippen LogP contribution in [0.15, 0.2) is 11.3 Å². The van der Waals surface area contributed by atoms with Crippen LogP contribution in [0.1, 0.15) is 26.2 Å². The van der Waals surface area contributed by atoms with Gasteiger partial charge in [-0.15, -0.1) is 0 Å². The van der Waals surface area contributed by atoms with Gasteiger partial charge in [-0.3, -0.25) is 4.79 Å². The average molecular weight is 313 g/mol. The van der Waals surface area contributed by atoms with E-state index in [1.54, 1.807) is 6.92 Å². The van der Waals surface area contributed by atoms with Gasteiger partial charge in [0, 0.05) is 5.92 Å². The number of ether oxygens (including phenoxy) is 1. The summed E-state index contributed by atoms with van der Waals surface area (Å²) in [6.45, 7) is 0.851. The highest BCUT2D eigenvalue weighted by Crippen LogP contribution is 2.52. The molecule has 3 aliphatic rings. The van der Waals surface area contributed by atoms with Gasteiger partial charge in [-0.1, -0.05) is 0 Å². The van der Waals surface area contributed by atoms with Crippen LogP contribution in [0.25, 0.3) is 0 Å². The molecule has 0 unspecified atom stereocenters. The first-order chi connectivity index (χ1) is 10.5. The smallest absolute Gasteiger partial charge is 0.352 e. The molecule has 5 atom stereocenters. The third-order valence-corrected chi connectivity index (χ3v) is 4.96. The third kappa shape index (κ3) is 2.06. The average Bonchev–Trinajstić information content (AvgIpc) is 2.76. The first-order valence-corrected chi connectivity index (χ1v) is 7.65. The minimum Gasteiger partial charge on any atom is -0.477 e. The minimum absolute atomic E-state index is 0.0135. The molecule has 0 radical (unpaired) electrons. The van der Waals surface area contributed by atoms with Crippen molar-refractivity contribution >= 4 is 11.9 Å². The number of nitrogens with zero attached hydrogens (tertiary/aromatic N) is 1. The summed E-state index contributed by atoms with van der Waals surface area (Å²) in [5.74, 6) is -2.17. The first-order valence-electron chi connectivity index (χ1n) is 7.65. The number of halogens is 1. The molecule has 1 saturated carbocycles. The lowest BCUT2D eigenvalue weighted by Crippen LogP contribution is -2.64. The molecule has 1 saturated heterocycles. The van der Waals surface area contributed by atoms with Crippen molar-refractivity contribution in [2.24, 2.45) is 11.8 Å². The SMILES string of the molecule is C[C@@H](O)[C@H]1C(=O)N2C(C(=O)O)=C3[C@@H](OCCF)CCC[C@@H]3[C@H]12. The third-order valence-electron chi connectivity index (χ3n) is 4.96. The number of carbonyl (C=O) groups excluding carboxylic acids is 1. The fourth-order valence-electron chi connectivity index (χ4n) is 4.19. The summed E-state index contributed by atoms with van der Waals surface area (Å²) in [5.41, 5.74) is 0.592. The Labute approximate surface area is 127 Å². The summed E-state index contributed by atoms with van der Waals surface area (Å²) in [6, 6.07) is -0.301. The first kappa shape index (κ1) is 15.4. The van der Waals surface area contributed by atoms with E-state index >= 15 is 0 Å². The van der Waals surface area contributed by atoms with Gasteiger partial charge in [-0.25, -0.2) is 9.18 Å². The van der Waals surface area contributed by atoms with Crippen molar-refractivity contribution in [1.82, 2.24) is 4.90 Å². The number of amides is 1. The molecule has 0 spiro atoms. The monoisotopic (exact) mass is 313 g/mol. The van der Waals surface area contributed by atoms with Crippen LogP contribution in [0.4, 0.5) is 4.39 Å². The second-order valence-electron chi connectivity index (χ2n) is 6.16. The lowest BCUT2D eigenvalue weighted by molar-refractivity contribution is -0.163. The zero-order valence-electron chi connectivity index (χ0n) is 12.4. The number of alkyl halides is 1. The molecule has 7 heteroatoms. The second kappa shape index (κ2) is 5.62. The van der Waals surface area contributed by atoms with E-state index in [0.717, 1.165) is 12.8 Å². The van der Waals surface area contributed by atoms with E-state index in [1.165, 1.54) is 4.90 Å². The van der Waals surface area contributed by atoms with Crippen LogP contribution in [0.2, 0.25) is 0 Å². The highest BCUT2D eigenvalue weighted by atomic mass is 19.1. The number of aliphatic hydroxyl groups is 1. The van der Waals surface area contributed by atoms with Crippen LogP contribution in [-0.2, 0) is 14.3 Å². The minimum atomic E-state index is -1.16. The predicted octanol–water partition coefficient (Wildman–Crippen LogP) is 0.701. The lowest BCUT2D eigenvalue weighted by atomic mass is 9.71. The Morgan fingerprint density at radius 1 is 1.50 bits per heavy atom. The van der Waals surface area contributed by atoms with Gasteiger partial charge in [0.2, 0.25) is 5.91 Å². The van der Waals surface area contributed by atoms with Gasteiger partial charge in [0.25, 0.3) is 0 Å². The number of rotatable bonds is 5. The molecule has 22 heavy (non-hydrogen) atoms. The van der Waals surface area contributed by atoms with Crippen LogP contribution in [-0.4, -0.2) is 58.5 Å². The number of carboxylic acids is 1. The van der Waals surface area contributed by atoms with Crippen LogP contribution in [0.5, 0.6) is 0 Å². The number of hydrogen-bond acceptors (Lipinski definition) is 4. The Balaban J connectivity index is 1.97. The molecular formula is C15H20FNO5. The van der Waals surface area contributed by atoms with Gasteiger partial charge < -0.3 is 19.8 Å². The summed E-state index contributed by atoms with van der Waals surface area (Å²) in [5, 5.41) is 19.3. The Hall–Kier alpha value is -1.47. The van der Waals surface area contributed by atoms with Crippen LogP contribution in [0.3, 0.4) is 0 Å². The van der Waals surface area contributed by atoms with E-state index in [1.807, 2.05) is 0 Å². The van der Waals surface area contributed by atoms with Gasteiger partial charge >= 0.3 is 5.97 Å². The highest BCUT2D eigenvalue weighted by molar-refractivity contribution is 6.00.